The highest BCUT2D eigenvalue weighted by atomic mass is 32.1. The van der Waals surface area contributed by atoms with Crippen LogP contribution in [-0.4, -0.2) is 59.7 Å². The lowest BCUT2D eigenvalue weighted by atomic mass is 9.94. The second kappa shape index (κ2) is 13.1. The Labute approximate surface area is 240 Å². The van der Waals surface area contributed by atoms with Crippen LogP contribution in [0.2, 0.25) is 0 Å². The highest BCUT2D eigenvalue weighted by Crippen LogP contribution is 2.46. The van der Waals surface area contributed by atoms with Crippen molar-refractivity contribution in [2.24, 2.45) is 0 Å². The van der Waals surface area contributed by atoms with E-state index in [4.69, 9.17) is 24.1 Å². The summed E-state index contributed by atoms with van der Waals surface area (Å²) in [6.45, 7) is 6.67. The smallest absolute Gasteiger partial charge is 0.350 e. The number of para-hydroxylation sites is 1. The summed E-state index contributed by atoms with van der Waals surface area (Å²) in [6.07, 6.45) is 0. The predicted octanol–water partition coefficient (Wildman–Crippen LogP) is 4.67. The Kier molecular flexibility index (Phi) is 9.85. The fourth-order valence-electron chi connectivity index (χ4n) is 4.27. The number of methoxy groups -OCH3 is 2. The van der Waals surface area contributed by atoms with E-state index in [1.54, 1.807) is 49.4 Å². The highest BCUT2D eigenvalue weighted by molar-refractivity contribution is 7.17. The number of ketones is 1. The first-order valence-electron chi connectivity index (χ1n) is 12.4. The molecule has 0 bridgehead atoms. The summed E-state index contributed by atoms with van der Waals surface area (Å²) in [5.74, 6) is -2.48. The summed E-state index contributed by atoms with van der Waals surface area (Å²) >= 11 is 0.935. The number of hydrogen-bond donors (Lipinski definition) is 2. The molecule has 1 aromatic heterocycles. The second-order valence-corrected chi connectivity index (χ2v) is 9.72. The number of aliphatic carboxylic acids is 1. The maximum atomic E-state index is 13.5. The number of esters is 1. The minimum absolute atomic E-state index is 0.116. The lowest BCUT2D eigenvalue weighted by molar-refractivity contribution is -0.134. The summed E-state index contributed by atoms with van der Waals surface area (Å²) in [5, 5.41) is 18.9. The zero-order valence-electron chi connectivity index (χ0n) is 23.4. The van der Waals surface area contributed by atoms with Crippen LogP contribution in [0.3, 0.4) is 0 Å². The van der Waals surface area contributed by atoms with E-state index in [-0.39, 0.29) is 21.3 Å². The topological polar surface area (TPSA) is 153 Å². The van der Waals surface area contributed by atoms with Crippen LogP contribution >= 0.6 is 11.3 Å². The molecule has 12 heteroatoms. The van der Waals surface area contributed by atoms with Crippen molar-refractivity contribution in [3.05, 3.63) is 75.3 Å². The number of hydrogen-bond acceptors (Lipinski definition) is 10. The molecule has 2 heterocycles. The van der Waals surface area contributed by atoms with Crippen LogP contribution in [0.15, 0.2) is 48.0 Å². The van der Waals surface area contributed by atoms with Crippen LogP contribution < -0.4 is 14.4 Å². The molecule has 0 radical (unpaired) electrons. The Balaban J connectivity index is 0.00000108. The van der Waals surface area contributed by atoms with E-state index in [2.05, 4.69) is 4.98 Å². The van der Waals surface area contributed by atoms with Gasteiger partial charge in [-0.1, -0.05) is 29.5 Å². The van der Waals surface area contributed by atoms with Crippen LogP contribution in [0.5, 0.6) is 11.5 Å². The molecule has 11 nitrogen and oxygen atoms in total. The van der Waals surface area contributed by atoms with Crippen molar-refractivity contribution in [3.8, 4) is 11.5 Å². The van der Waals surface area contributed by atoms with Crippen LogP contribution in [0.1, 0.15) is 51.9 Å². The first kappa shape index (κ1) is 30.8. The van der Waals surface area contributed by atoms with Crippen molar-refractivity contribution in [3.63, 3.8) is 0 Å². The summed E-state index contributed by atoms with van der Waals surface area (Å²) in [4.78, 5) is 54.0. The summed E-state index contributed by atoms with van der Waals surface area (Å²) in [6, 6.07) is 10.9. The number of ether oxygens (including phenoxy) is 3. The van der Waals surface area contributed by atoms with Gasteiger partial charge in [-0.05, 0) is 50.6 Å². The molecule has 0 spiro atoms. The number of carboxylic acid groups (broad SMARTS) is 1. The van der Waals surface area contributed by atoms with E-state index in [1.807, 2.05) is 13.8 Å². The monoisotopic (exact) mass is 582 g/mol. The Hall–Kier alpha value is -4.71. The molecular weight excluding hydrogens is 552 g/mol. The number of aliphatic hydroxyl groups excluding tert-OH is 1. The van der Waals surface area contributed by atoms with E-state index < -0.39 is 29.7 Å². The van der Waals surface area contributed by atoms with Gasteiger partial charge in [0.2, 0.25) is 0 Å². The normalized spacial score (nSPS) is 15.7. The van der Waals surface area contributed by atoms with Gasteiger partial charge in [0.05, 0.1) is 32.1 Å². The number of aliphatic hydroxyl groups is 1. The Bertz CT molecular complexity index is 1520. The minimum Gasteiger partial charge on any atom is -0.507 e. The highest BCUT2D eigenvalue weighted by Gasteiger charge is 2.49. The van der Waals surface area contributed by atoms with E-state index in [0.29, 0.717) is 34.9 Å². The van der Waals surface area contributed by atoms with E-state index in [1.165, 1.54) is 19.1 Å². The molecule has 1 amide bonds. The number of Topliss-reactive ketones (excluding diaryl/α,β-unsaturated/α-hetero) is 1. The van der Waals surface area contributed by atoms with Crippen LogP contribution in [0, 0.1) is 13.8 Å². The molecule has 4 rings (SSSR count). The fourth-order valence-corrected chi connectivity index (χ4v) is 5.28. The van der Waals surface area contributed by atoms with Gasteiger partial charge in [0.25, 0.3) is 11.8 Å². The summed E-state index contributed by atoms with van der Waals surface area (Å²) in [5.41, 5.74) is 1.82. The van der Waals surface area contributed by atoms with Gasteiger partial charge in [-0.15, -0.1) is 0 Å². The number of carbonyl (C=O) groups excluding carboxylic acids is 3. The van der Waals surface area contributed by atoms with Crippen molar-refractivity contribution in [2.45, 2.75) is 33.7 Å². The summed E-state index contributed by atoms with van der Waals surface area (Å²) in [7, 11) is 2.79. The molecule has 1 aliphatic heterocycles. The van der Waals surface area contributed by atoms with Crippen molar-refractivity contribution in [2.75, 3.05) is 25.7 Å². The third kappa shape index (κ3) is 6.38. The fraction of sp³-hybridized carbons (Fsp3) is 0.276. The second-order valence-electron chi connectivity index (χ2n) is 8.75. The SMILES string of the molecule is CC(=O)O.CCOc1ccccc1C1/C(=C(\O)c2ccc(OC)c(C)c2)C(=O)C(=O)N1c1nc(C)c(C(=O)OC)s1. The minimum atomic E-state index is -1.05. The first-order chi connectivity index (χ1) is 19.5. The third-order valence-corrected chi connectivity index (χ3v) is 7.13. The molecule has 41 heavy (non-hydrogen) atoms. The number of benzene rings is 2. The standard InChI is InChI=1S/C27H26N2O7S.C2H4O2/c1-6-36-19-10-8-7-9-17(19)21-20(22(30)16-11-12-18(34-4)14(2)13-16)23(31)25(32)29(21)27-28-15(3)24(37-27)26(33)35-5;1-2(3)4/h7-13,21,30H,6H2,1-5H3;1H3,(H,3,4)/b22-20+;. The molecule has 3 aromatic rings. The Morgan fingerprint density at radius 1 is 1.05 bits per heavy atom. The molecule has 1 fully saturated rings. The molecule has 1 saturated heterocycles. The molecular formula is C29H30N2O9S. The van der Waals surface area contributed by atoms with Gasteiger partial charge in [-0.3, -0.25) is 19.3 Å². The average Bonchev–Trinajstić information content (AvgIpc) is 3.44. The lowest BCUT2D eigenvalue weighted by Gasteiger charge is -2.24. The number of rotatable bonds is 7. The lowest BCUT2D eigenvalue weighted by Crippen LogP contribution is -2.29. The van der Waals surface area contributed by atoms with Crippen molar-refractivity contribution >= 4 is 45.9 Å². The number of anilines is 1. The Morgan fingerprint density at radius 3 is 2.29 bits per heavy atom. The van der Waals surface area contributed by atoms with Crippen LogP contribution in [-0.2, 0) is 19.1 Å². The maximum absolute atomic E-state index is 13.5. The quantitative estimate of drug-likeness (QED) is 0.174. The number of nitrogens with zero attached hydrogens (tertiary/aromatic N) is 2. The number of aromatic nitrogens is 1. The van der Waals surface area contributed by atoms with E-state index in [0.717, 1.165) is 23.8 Å². The van der Waals surface area contributed by atoms with Crippen molar-refractivity contribution in [1.29, 1.82) is 0 Å². The van der Waals surface area contributed by atoms with Gasteiger partial charge in [0, 0.05) is 18.1 Å². The maximum Gasteiger partial charge on any atom is 0.350 e. The zero-order valence-corrected chi connectivity index (χ0v) is 24.2. The van der Waals surface area contributed by atoms with Crippen molar-refractivity contribution in [1.82, 2.24) is 4.98 Å². The average molecular weight is 583 g/mol. The van der Waals surface area contributed by atoms with E-state index in [9.17, 15) is 19.5 Å². The van der Waals surface area contributed by atoms with Crippen LogP contribution in [0.25, 0.3) is 5.76 Å². The molecule has 0 aliphatic carbocycles. The number of thiazole rings is 1. The molecule has 2 aromatic carbocycles. The Morgan fingerprint density at radius 2 is 1.71 bits per heavy atom. The van der Waals surface area contributed by atoms with Gasteiger partial charge in [0.1, 0.15) is 28.2 Å². The van der Waals surface area contributed by atoms with Crippen LogP contribution in [0.4, 0.5) is 5.13 Å². The molecule has 1 unspecified atom stereocenters. The number of aryl methyl sites for hydroxylation is 2. The van der Waals surface area contributed by atoms with Gasteiger partial charge in [-0.25, -0.2) is 9.78 Å². The number of carbonyl (C=O) groups is 4. The first-order valence-corrected chi connectivity index (χ1v) is 13.2. The van der Waals surface area contributed by atoms with Crippen molar-refractivity contribution < 1.29 is 43.6 Å². The number of amides is 1. The largest absolute Gasteiger partial charge is 0.507 e. The molecule has 1 aliphatic rings. The van der Waals surface area contributed by atoms with Gasteiger partial charge < -0.3 is 24.4 Å². The number of carboxylic acids is 1. The van der Waals surface area contributed by atoms with Gasteiger partial charge in [0.15, 0.2) is 5.13 Å². The van der Waals surface area contributed by atoms with E-state index >= 15 is 0 Å². The molecule has 1 atom stereocenters. The molecule has 216 valence electrons. The third-order valence-electron chi connectivity index (χ3n) is 5.99. The molecule has 0 saturated carbocycles. The van der Waals surface area contributed by atoms with Gasteiger partial charge >= 0.3 is 11.9 Å². The summed E-state index contributed by atoms with van der Waals surface area (Å²) < 4.78 is 15.9. The molecule has 2 N–H and O–H groups in total. The van der Waals surface area contributed by atoms with Gasteiger partial charge in [-0.2, -0.15) is 0 Å². The predicted molar refractivity (Wildman–Crippen MR) is 152 cm³/mol. The zero-order chi connectivity index (χ0) is 30.4.